The Morgan fingerprint density at radius 1 is 1.11 bits per heavy atom. The number of oxime groups is 1. The van der Waals surface area contributed by atoms with Crippen LogP contribution in [0.5, 0.6) is 5.75 Å². The molecule has 1 N–H and O–H groups in total. The second-order valence-corrected chi connectivity index (χ2v) is 15.8. The number of fused-ring (bicyclic) bond motifs is 7. The summed E-state index contributed by atoms with van der Waals surface area (Å²) in [5, 5.41) is 13.5. The lowest BCUT2D eigenvalue weighted by molar-refractivity contribution is -0.284. The van der Waals surface area contributed by atoms with Crippen molar-refractivity contribution in [1.82, 2.24) is 4.90 Å². The number of morpholine rings is 1. The summed E-state index contributed by atoms with van der Waals surface area (Å²) in [5.41, 5.74) is 3.01. The van der Waals surface area contributed by atoms with Crippen molar-refractivity contribution in [3.05, 3.63) is 29.3 Å². The van der Waals surface area contributed by atoms with E-state index in [0.717, 1.165) is 62.6 Å². The van der Waals surface area contributed by atoms with Gasteiger partial charge in [-0.3, -0.25) is 9.11 Å². The van der Waals surface area contributed by atoms with E-state index in [9.17, 15) is 36.2 Å². The summed E-state index contributed by atoms with van der Waals surface area (Å²) in [7, 11) is -1.50. The number of rotatable bonds is 9. The fourth-order valence-corrected chi connectivity index (χ4v) is 10.5. The molecule has 0 radical (unpaired) electrons. The van der Waals surface area contributed by atoms with E-state index in [1.807, 2.05) is 17.0 Å². The maximum atomic E-state index is 13.3. The van der Waals surface area contributed by atoms with Gasteiger partial charge in [-0.2, -0.15) is 22.0 Å². The number of amides is 1. The largest absolute Gasteiger partial charge is 0.453 e. The summed E-state index contributed by atoms with van der Waals surface area (Å²) in [5.74, 6) is -3.17. The van der Waals surface area contributed by atoms with E-state index in [4.69, 9.17) is 9.47 Å². The Morgan fingerprint density at radius 3 is 2.52 bits per heavy atom. The number of halogens is 5. The standard InChI is InChI=1S/C33H43F5N2O5S/c1-31-13-11-26-25-8-7-24(45-30(41)40-22-5-6-23(40)19-44-18-22)17-21(25)16-20(29(26)27(31)9-10-28(31)39-42)4-2-14-46(43)15-3-12-32(34,35)33(36,37)38/h7-8,17,20,22-23,26-27,29,42H,2-6,9-16,18-19H2,1H3/b39-28-/t20-,22?,23?,26-,27+,29-,31+,46?/m1/s1. The Morgan fingerprint density at radius 2 is 1.83 bits per heavy atom. The Hall–Kier alpha value is -2.28. The number of carbonyl (C=O) groups excluding carboxylic acids is 1. The highest BCUT2D eigenvalue weighted by Crippen LogP contribution is 2.62. The highest BCUT2D eigenvalue weighted by Gasteiger charge is 2.57. The highest BCUT2D eigenvalue weighted by atomic mass is 32.2. The van der Waals surface area contributed by atoms with Gasteiger partial charge in [0.15, 0.2) is 0 Å². The Balaban J connectivity index is 1.15. The second-order valence-electron chi connectivity index (χ2n) is 14.2. The molecule has 6 rings (SSSR count). The van der Waals surface area contributed by atoms with E-state index in [1.54, 1.807) is 0 Å². The molecule has 2 heterocycles. The Labute approximate surface area is 268 Å². The molecular weight excluding hydrogens is 631 g/mol. The van der Waals surface area contributed by atoms with Gasteiger partial charge in [0.2, 0.25) is 0 Å². The topological polar surface area (TPSA) is 88.4 Å². The minimum Gasteiger partial charge on any atom is -0.411 e. The quantitative estimate of drug-likeness (QED) is 0.167. The zero-order valence-electron chi connectivity index (χ0n) is 26.1. The van der Waals surface area contributed by atoms with Crippen LogP contribution in [0.3, 0.4) is 0 Å². The van der Waals surface area contributed by atoms with Crippen LogP contribution in [0.1, 0.15) is 88.2 Å². The van der Waals surface area contributed by atoms with Gasteiger partial charge in [0, 0.05) is 34.1 Å². The van der Waals surface area contributed by atoms with Gasteiger partial charge in [-0.15, -0.1) is 0 Å². The van der Waals surface area contributed by atoms with E-state index in [-0.39, 0.29) is 46.9 Å². The summed E-state index contributed by atoms with van der Waals surface area (Å²) >= 11 is 0. The second kappa shape index (κ2) is 13.0. The first-order valence-corrected chi connectivity index (χ1v) is 18.0. The first kappa shape index (κ1) is 33.6. The van der Waals surface area contributed by atoms with Gasteiger partial charge in [0.25, 0.3) is 0 Å². The van der Waals surface area contributed by atoms with Crippen LogP contribution < -0.4 is 4.74 Å². The summed E-state index contributed by atoms with van der Waals surface area (Å²) in [6, 6.07) is 6.02. The van der Waals surface area contributed by atoms with Gasteiger partial charge in [-0.05, 0) is 111 Å². The van der Waals surface area contributed by atoms with Crippen molar-refractivity contribution in [2.45, 2.75) is 108 Å². The predicted molar refractivity (Wildman–Crippen MR) is 162 cm³/mol. The molecule has 1 amide bonds. The highest BCUT2D eigenvalue weighted by molar-refractivity contribution is 7.84. The summed E-state index contributed by atoms with van der Waals surface area (Å²) in [6.07, 6.45) is -0.483. The summed E-state index contributed by atoms with van der Waals surface area (Å²) in [6.45, 7) is 3.23. The smallest absolute Gasteiger partial charge is 0.411 e. The number of benzene rings is 1. The number of carbonyl (C=O) groups is 1. The lowest BCUT2D eigenvalue weighted by Gasteiger charge is -2.52. The fraction of sp³-hybridized carbons (Fsp3) is 0.758. The molecule has 3 aliphatic carbocycles. The van der Waals surface area contributed by atoms with Crippen LogP contribution in [0.25, 0.3) is 0 Å². The molecule has 5 aliphatic rings. The molecule has 256 valence electrons. The van der Waals surface area contributed by atoms with Crippen LogP contribution in [-0.4, -0.2) is 75.0 Å². The van der Waals surface area contributed by atoms with Crippen LogP contribution in [0.4, 0.5) is 26.7 Å². The molecule has 8 atom stereocenters. The number of nitrogens with zero attached hydrogens (tertiary/aromatic N) is 2. The fourth-order valence-electron chi connectivity index (χ4n) is 9.35. The molecule has 46 heavy (non-hydrogen) atoms. The molecule has 3 unspecified atom stereocenters. The van der Waals surface area contributed by atoms with Crippen molar-refractivity contribution < 1.29 is 45.6 Å². The van der Waals surface area contributed by atoms with E-state index in [2.05, 4.69) is 18.1 Å². The van der Waals surface area contributed by atoms with Crippen LogP contribution in [-0.2, 0) is 22.0 Å². The minimum atomic E-state index is -5.60. The van der Waals surface area contributed by atoms with Crippen molar-refractivity contribution in [3.8, 4) is 5.75 Å². The summed E-state index contributed by atoms with van der Waals surface area (Å²) < 4.78 is 88.2. The molecule has 13 heteroatoms. The molecule has 1 aromatic carbocycles. The van der Waals surface area contributed by atoms with Crippen molar-refractivity contribution in [2.24, 2.45) is 28.3 Å². The van der Waals surface area contributed by atoms with Crippen molar-refractivity contribution in [2.75, 3.05) is 24.7 Å². The third-order valence-electron chi connectivity index (χ3n) is 11.6. The van der Waals surface area contributed by atoms with Crippen molar-refractivity contribution in [1.29, 1.82) is 0 Å². The molecule has 2 saturated heterocycles. The zero-order valence-corrected chi connectivity index (χ0v) is 26.9. The SMILES string of the molecule is C[C@]12CC[C@@H]3c4ccc(OC(=O)N5C6CCC5COC6)cc4C[C@@H](CCCS(=O)CCCC(F)(F)C(F)(F)F)[C@H]3[C@@H]1CC/C2=N/O. The van der Waals surface area contributed by atoms with Crippen molar-refractivity contribution in [3.63, 3.8) is 0 Å². The van der Waals surface area contributed by atoms with E-state index < -0.39 is 35.7 Å². The average Bonchev–Trinajstić information content (AvgIpc) is 3.47. The third kappa shape index (κ3) is 6.31. The van der Waals surface area contributed by atoms with Gasteiger partial charge in [-0.1, -0.05) is 18.1 Å². The molecule has 7 nitrogen and oxygen atoms in total. The number of ether oxygens (including phenoxy) is 2. The molecular formula is C33H43F5N2O5S. The summed E-state index contributed by atoms with van der Waals surface area (Å²) in [4.78, 5) is 15.0. The van der Waals surface area contributed by atoms with E-state index in [1.165, 1.54) is 5.56 Å². The predicted octanol–water partition coefficient (Wildman–Crippen LogP) is 7.47. The number of hydrogen-bond donors (Lipinski definition) is 1. The molecule has 4 fully saturated rings. The molecule has 1 aromatic rings. The van der Waals surface area contributed by atoms with E-state index in [0.29, 0.717) is 37.2 Å². The number of alkyl halides is 5. The molecule has 0 aromatic heterocycles. The minimum absolute atomic E-state index is 0.0380. The van der Waals surface area contributed by atoms with E-state index >= 15 is 0 Å². The third-order valence-corrected chi connectivity index (χ3v) is 13.1. The van der Waals surface area contributed by atoms with Crippen LogP contribution >= 0.6 is 0 Å². The van der Waals surface area contributed by atoms with Gasteiger partial charge < -0.3 is 14.7 Å². The maximum Gasteiger partial charge on any atom is 0.453 e. The lowest BCUT2D eigenvalue weighted by Crippen LogP contribution is -2.50. The van der Waals surface area contributed by atoms with Crippen LogP contribution in [0, 0.1) is 23.2 Å². The molecule has 0 spiro atoms. The first-order chi connectivity index (χ1) is 21.8. The average molecular weight is 675 g/mol. The maximum absolute atomic E-state index is 13.3. The van der Waals surface area contributed by atoms with Gasteiger partial charge in [-0.25, -0.2) is 4.79 Å². The molecule has 2 bridgehead atoms. The Kier molecular flexibility index (Phi) is 9.48. The van der Waals surface area contributed by atoms with Gasteiger partial charge in [0.1, 0.15) is 5.75 Å². The molecule has 2 aliphatic heterocycles. The monoisotopic (exact) mass is 674 g/mol. The lowest BCUT2D eigenvalue weighted by atomic mass is 9.52. The number of hydrogen-bond acceptors (Lipinski definition) is 6. The molecule has 2 saturated carbocycles. The van der Waals surface area contributed by atoms with Crippen LogP contribution in [0.2, 0.25) is 0 Å². The van der Waals surface area contributed by atoms with Crippen molar-refractivity contribution >= 4 is 22.6 Å². The zero-order chi connectivity index (χ0) is 32.9. The first-order valence-electron chi connectivity index (χ1n) is 16.5. The normalized spacial score (nSPS) is 33.8. The Bertz CT molecular complexity index is 1340. The van der Waals surface area contributed by atoms with Gasteiger partial charge >= 0.3 is 18.2 Å². The van der Waals surface area contributed by atoms with Gasteiger partial charge in [0.05, 0.1) is 31.0 Å². The van der Waals surface area contributed by atoms with Crippen LogP contribution in [0.15, 0.2) is 23.4 Å².